The van der Waals surface area contributed by atoms with Crippen LogP contribution in [0.4, 0.5) is 0 Å². The SMILES string of the molecule is CC(C)[C@@H](C)[NH]. The minimum absolute atomic E-state index is 0.102. The topological polar surface area (TPSA) is 23.8 Å². The van der Waals surface area contributed by atoms with E-state index in [9.17, 15) is 0 Å². The van der Waals surface area contributed by atoms with Crippen molar-refractivity contribution in [2.24, 2.45) is 5.92 Å². The first-order valence-corrected chi connectivity index (χ1v) is 2.35. The molecule has 37 valence electrons. The predicted octanol–water partition coefficient (Wildman–Crippen LogP) is 1.31. The second-order valence-electron chi connectivity index (χ2n) is 2.03. The maximum absolute atomic E-state index is 7.03. The standard InChI is InChI=1S/C5H12N/c1-4(2)5(3)6/h4-6H,1-3H3/t5-/m1/s1. The molecule has 0 aromatic rings. The van der Waals surface area contributed by atoms with Gasteiger partial charge in [0.15, 0.2) is 0 Å². The van der Waals surface area contributed by atoms with E-state index in [1.807, 2.05) is 6.92 Å². The summed E-state index contributed by atoms with van der Waals surface area (Å²) in [4.78, 5) is 0. The summed E-state index contributed by atoms with van der Waals surface area (Å²) in [6.07, 6.45) is 0. The van der Waals surface area contributed by atoms with Crippen LogP contribution in [0.1, 0.15) is 20.8 Å². The summed E-state index contributed by atoms with van der Waals surface area (Å²) in [5.41, 5.74) is 7.03. The van der Waals surface area contributed by atoms with Crippen LogP contribution in [0.3, 0.4) is 0 Å². The normalized spacial score (nSPS) is 15.5. The van der Waals surface area contributed by atoms with Crippen LogP contribution in [0.2, 0.25) is 0 Å². The molecule has 0 aliphatic heterocycles. The van der Waals surface area contributed by atoms with Crippen molar-refractivity contribution in [1.29, 1.82) is 0 Å². The Morgan fingerprint density at radius 1 is 1.17 bits per heavy atom. The molecule has 0 unspecified atom stereocenters. The summed E-state index contributed by atoms with van der Waals surface area (Å²) in [7, 11) is 0. The van der Waals surface area contributed by atoms with Crippen molar-refractivity contribution in [2.45, 2.75) is 26.8 Å². The van der Waals surface area contributed by atoms with E-state index in [1.165, 1.54) is 0 Å². The van der Waals surface area contributed by atoms with E-state index in [0.29, 0.717) is 5.92 Å². The molecule has 1 N–H and O–H groups in total. The quantitative estimate of drug-likeness (QED) is 0.459. The highest BCUT2D eigenvalue weighted by atomic mass is 14.6. The van der Waals surface area contributed by atoms with Crippen LogP contribution in [-0.2, 0) is 0 Å². The van der Waals surface area contributed by atoms with Crippen LogP contribution in [0.25, 0.3) is 0 Å². The molecule has 0 saturated carbocycles. The van der Waals surface area contributed by atoms with Crippen LogP contribution < -0.4 is 5.73 Å². The van der Waals surface area contributed by atoms with Crippen molar-refractivity contribution in [2.75, 3.05) is 0 Å². The monoisotopic (exact) mass is 86.1 g/mol. The molecule has 1 nitrogen and oxygen atoms in total. The Morgan fingerprint density at radius 3 is 1.33 bits per heavy atom. The van der Waals surface area contributed by atoms with Gasteiger partial charge in [0, 0.05) is 6.04 Å². The average molecular weight is 86.2 g/mol. The molecule has 1 heteroatoms. The second-order valence-corrected chi connectivity index (χ2v) is 2.03. The highest BCUT2D eigenvalue weighted by Gasteiger charge is 1.97. The summed E-state index contributed by atoms with van der Waals surface area (Å²) in [6, 6.07) is 0.102. The molecule has 0 saturated heterocycles. The van der Waals surface area contributed by atoms with E-state index in [1.54, 1.807) is 0 Å². The van der Waals surface area contributed by atoms with Crippen molar-refractivity contribution in [1.82, 2.24) is 5.73 Å². The van der Waals surface area contributed by atoms with E-state index in [2.05, 4.69) is 13.8 Å². The van der Waals surface area contributed by atoms with E-state index in [4.69, 9.17) is 5.73 Å². The summed E-state index contributed by atoms with van der Waals surface area (Å²) in [5, 5.41) is 0. The molecule has 0 fully saturated rings. The number of hydrogen-bond donors (Lipinski definition) is 0. The van der Waals surface area contributed by atoms with Crippen molar-refractivity contribution in [3.8, 4) is 0 Å². The maximum Gasteiger partial charge on any atom is 0.0207 e. The van der Waals surface area contributed by atoms with Crippen LogP contribution in [-0.4, -0.2) is 6.04 Å². The Labute approximate surface area is 39.5 Å². The lowest BCUT2D eigenvalue weighted by Gasteiger charge is -2.04. The Kier molecular flexibility index (Phi) is 2.18. The Bertz CT molecular complexity index is 24.9. The zero-order chi connectivity index (χ0) is 5.15. The lowest BCUT2D eigenvalue weighted by molar-refractivity contribution is 0.516. The van der Waals surface area contributed by atoms with Gasteiger partial charge >= 0.3 is 0 Å². The molecule has 0 bridgehead atoms. The summed E-state index contributed by atoms with van der Waals surface area (Å²) in [5.74, 6) is 0.519. The molecule has 0 aromatic carbocycles. The third-order valence-electron chi connectivity index (χ3n) is 1.00. The van der Waals surface area contributed by atoms with Gasteiger partial charge in [-0.25, -0.2) is 0 Å². The van der Waals surface area contributed by atoms with Gasteiger partial charge in [0.2, 0.25) is 0 Å². The van der Waals surface area contributed by atoms with Crippen LogP contribution >= 0.6 is 0 Å². The minimum atomic E-state index is 0.102. The summed E-state index contributed by atoms with van der Waals surface area (Å²) < 4.78 is 0. The van der Waals surface area contributed by atoms with Crippen LogP contribution in [0.5, 0.6) is 0 Å². The van der Waals surface area contributed by atoms with Gasteiger partial charge in [0.1, 0.15) is 0 Å². The molecule has 0 rings (SSSR count). The van der Waals surface area contributed by atoms with Gasteiger partial charge in [-0.15, -0.1) is 0 Å². The largest absolute Gasteiger partial charge is 0.255 e. The van der Waals surface area contributed by atoms with Gasteiger partial charge in [-0.2, -0.15) is 0 Å². The van der Waals surface area contributed by atoms with E-state index in [-0.39, 0.29) is 6.04 Å². The third-order valence-corrected chi connectivity index (χ3v) is 1.00. The fourth-order valence-electron chi connectivity index (χ4n) is 0. The van der Waals surface area contributed by atoms with E-state index < -0.39 is 0 Å². The molecule has 1 radical (unpaired) electrons. The zero-order valence-electron chi connectivity index (χ0n) is 4.65. The molecule has 1 atom stereocenters. The minimum Gasteiger partial charge on any atom is -0.255 e. The first-order chi connectivity index (χ1) is 2.64. The second kappa shape index (κ2) is 2.19. The lowest BCUT2D eigenvalue weighted by Crippen LogP contribution is -2.10. The van der Waals surface area contributed by atoms with Gasteiger partial charge in [0.25, 0.3) is 0 Å². The molecule has 0 aromatic heterocycles. The number of nitrogens with one attached hydrogen (secondary N) is 1. The summed E-state index contributed by atoms with van der Waals surface area (Å²) >= 11 is 0. The molecule has 0 aliphatic rings. The van der Waals surface area contributed by atoms with Crippen molar-refractivity contribution in [3.05, 3.63) is 0 Å². The van der Waals surface area contributed by atoms with E-state index in [0.717, 1.165) is 0 Å². The van der Waals surface area contributed by atoms with Gasteiger partial charge in [0.05, 0.1) is 0 Å². The number of rotatable bonds is 1. The molecule has 0 amide bonds. The fraction of sp³-hybridized carbons (Fsp3) is 1.00. The molecule has 0 heterocycles. The average Bonchev–Trinajstić information content (AvgIpc) is 1.36. The fourth-order valence-corrected chi connectivity index (χ4v) is 0. The molecule has 0 aliphatic carbocycles. The maximum atomic E-state index is 7.03. The van der Waals surface area contributed by atoms with Crippen LogP contribution in [0.15, 0.2) is 0 Å². The van der Waals surface area contributed by atoms with Crippen molar-refractivity contribution in [3.63, 3.8) is 0 Å². The van der Waals surface area contributed by atoms with E-state index >= 15 is 0 Å². The number of hydrogen-bond acceptors (Lipinski definition) is 0. The Balaban J connectivity index is 2.99. The van der Waals surface area contributed by atoms with Gasteiger partial charge in [-0.3, -0.25) is 5.73 Å². The molecular weight excluding hydrogens is 74.1 g/mol. The Hall–Kier alpha value is -0.0400. The summed E-state index contributed by atoms with van der Waals surface area (Å²) in [6.45, 7) is 6.01. The lowest BCUT2D eigenvalue weighted by atomic mass is 10.1. The highest BCUT2D eigenvalue weighted by Crippen LogP contribution is 1.95. The predicted molar refractivity (Wildman–Crippen MR) is 27.4 cm³/mol. The molecule has 0 spiro atoms. The smallest absolute Gasteiger partial charge is 0.0207 e. The van der Waals surface area contributed by atoms with Crippen molar-refractivity contribution < 1.29 is 0 Å². The molecular formula is C5H12N. The first kappa shape index (κ1) is 5.96. The Morgan fingerprint density at radius 2 is 1.33 bits per heavy atom. The van der Waals surface area contributed by atoms with Gasteiger partial charge < -0.3 is 0 Å². The highest BCUT2D eigenvalue weighted by molar-refractivity contribution is 4.54. The first-order valence-electron chi connectivity index (χ1n) is 2.35. The van der Waals surface area contributed by atoms with Gasteiger partial charge in [-0.1, -0.05) is 13.8 Å². The zero-order valence-corrected chi connectivity index (χ0v) is 4.65. The van der Waals surface area contributed by atoms with Gasteiger partial charge in [-0.05, 0) is 12.8 Å². The van der Waals surface area contributed by atoms with Crippen molar-refractivity contribution >= 4 is 0 Å². The third kappa shape index (κ3) is 2.21. The van der Waals surface area contributed by atoms with Crippen LogP contribution in [0, 0.1) is 5.92 Å². The molecule has 6 heavy (non-hydrogen) atoms.